The fraction of sp³-hybridized carbons (Fsp3) is 0.545. The van der Waals surface area contributed by atoms with Crippen molar-refractivity contribution >= 4 is 11.7 Å². The van der Waals surface area contributed by atoms with Gasteiger partial charge in [0.2, 0.25) is 5.91 Å². The van der Waals surface area contributed by atoms with Crippen molar-refractivity contribution in [3.63, 3.8) is 0 Å². The van der Waals surface area contributed by atoms with Crippen LogP contribution in [-0.4, -0.2) is 38.3 Å². The lowest BCUT2D eigenvalue weighted by molar-refractivity contribution is -0.119. The van der Waals surface area contributed by atoms with E-state index >= 15 is 0 Å². The standard InChI is InChI=1S/C22H29N5O/c1-15(2)26-13-7-5-9-19(26)21-24-16(3)18-10-11-20(28)27(22(18)25-21)14-17-8-4-6-12-23-17/h4,6,8,12,15,19H,5,7,9-11,13-14H2,1-3H3/t19-/m0/s1. The third-order valence-electron chi connectivity index (χ3n) is 5.91. The highest BCUT2D eigenvalue weighted by Crippen LogP contribution is 2.35. The first-order valence-electron chi connectivity index (χ1n) is 10.4. The number of likely N-dealkylation sites (tertiary alicyclic amines) is 1. The van der Waals surface area contributed by atoms with Gasteiger partial charge in [-0.25, -0.2) is 9.97 Å². The highest BCUT2D eigenvalue weighted by Gasteiger charge is 2.32. The molecule has 4 heterocycles. The summed E-state index contributed by atoms with van der Waals surface area (Å²) >= 11 is 0. The van der Waals surface area contributed by atoms with E-state index in [1.165, 1.54) is 12.8 Å². The number of amides is 1. The molecule has 1 fully saturated rings. The fourth-order valence-corrected chi connectivity index (χ4v) is 4.42. The number of rotatable bonds is 4. The molecule has 1 saturated heterocycles. The SMILES string of the molecule is Cc1nc([C@@H]2CCCCN2C(C)C)nc2c1CCC(=O)N2Cc1ccccn1. The first kappa shape index (κ1) is 19.0. The zero-order chi connectivity index (χ0) is 19.7. The van der Waals surface area contributed by atoms with Crippen LogP contribution in [0.4, 0.5) is 5.82 Å². The first-order valence-corrected chi connectivity index (χ1v) is 10.4. The van der Waals surface area contributed by atoms with Gasteiger partial charge in [-0.15, -0.1) is 0 Å². The molecule has 0 radical (unpaired) electrons. The number of fused-ring (bicyclic) bond motifs is 1. The average Bonchev–Trinajstić information content (AvgIpc) is 2.71. The molecule has 0 aliphatic carbocycles. The van der Waals surface area contributed by atoms with Crippen LogP contribution in [0.25, 0.3) is 0 Å². The normalized spacial score (nSPS) is 20.5. The summed E-state index contributed by atoms with van der Waals surface area (Å²) in [4.78, 5) is 31.4. The van der Waals surface area contributed by atoms with Crippen molar-refractivity contribution in [3.05, 3.63) is 47.2 Å². The number of hydrogen-bond donors (Lipinski definition) is 0. The van der Waals surface area contributed by atoms with Crippen molar-refractivity contribution in [2.75, 3.05) is 11.4 Å². The molecule has 0 spiro atoms. The molecule has 0 unspecified atom stereocenters. The lowest BCUT2D eigenvalue weighted by Gasteiger charge is -2.38. The lowest BCUT2D eigenvalue weighted by Crippen LogP contribution is -2.40. The van der Waals surface area contributed by atoms with Crippen LogP contribution >= 0.6 is 0 Å². The summed E-state index contributed by atoms with van der Waals surface area (Å²) in [6, 6.07) is 6.49. The number of hydrogen-bond acceptors (Lipinski definition) is 5. The maximum absolute atomic E-state index is 12.8. The van der Waals surface area contributed by atoms with Gasteiger partial charge in [-0.1, -0.05) is 12.5 Å². The second-order valence-corrected chi connectivity index (χ2v) is 8.11. The van der Waals surface area contributed by atoms with E-state index < -0.39 is 0 Å². The van der Waals surface area contributed by atoms with Gasteiger partial charge in [0.15, 0.2) is 0 Å². The Bertz CT molecular complexity index is 852. The number of carbonyl (C=O) groups excluding carboxylic acids is 1. The van der Waals surface area contributed by atoms with Crippen molar-refractivity contribution in [3.8, 4) is 0 Å². The van der Waals surface area contributed by atoms with Gasteiger partial charge in [0.1, 0.15) is 11.6 Å². The molecule has 148 valence electrons. The largest absolute Gasteiger partial charge is 0.291 e. The molecular formula is C22H29N5O. The molecule has 1 atom stereocenters. The summed E-state index contributed by atoms with van der Waals surface area (Å²) in [5.74, 6) is 1.77. The Morgan fingerprint density at radius 1 is 1.18 bits per heavy atom. The molecule has 0 bridgehead atoms. The number of anilines is 1. The molecule has 0 saturated carbocycles. The summed E-state index contributed by atoms with van der Waals surface area (Å²) in [6.07, 6.45) is 6.49. The van der Waals surface area contributed by atoms with Crippen molar-refractivity contribution in [2.45, 2.75) is 71.5 Å². The van der Waals surface area contributed by atoms with Crippen LogP contribution in [0.1, 0.15) is 68.3 Å². The zero-order valence-electron chi connectivity index (χ0n) is 17.1. The van der Waals surface area contributed by atoms with Crippen LogP contribution in [0.5, 0.6) is 0 Å². The van der Waals surface area contributed by atoms with Crippen LogP contribution < -0.4 is 4.90 Å². The molecule has 0 aromatic carbocycles. The summed E-state index contributed by atoms with van der Waals surface area (Å²) < 4.78 is 0. The predicted octanol–water partition coefficient (Wildman–Crippen LogP) is 3.59. The summed E-state index contributed by atoms with van der Waals surface area (Å²) in [7, 11) is 0. The van der Waals surface area contributed by atoms with Crippen LogP contribution in [0.3, 0.4) is 0 Å². The van der Waals surface area contributed by atoms with Gasteiger partial charge in [0.05, 0.1) is 18.3 Å². The van der Waals surface area contributed by atoms with E-state index in [4.69, 9.17) is 9.97 Å². The van der Waals surface area contributed by atoms with Gasteiger partial charge in [0.25, 0.3) is 0 Å². The van der Waals surface area contributed by atoms with Crippen molar-refractivity contribution in [1.29, 1.82) is 0 Å². The second-order valence-electron chi connectivity index (χ2n) is 8.11. The third kappa shape index (κ3) is 3.65. The maximum atomic E-state index is 12.8. The van der Waals surface area contributed by atoms with Gasteiger partial charge >= 0.3 is 0 Å². The minimum Gasteiger partial charge on any atom is -0.291 e. The molecule has 6 nitrogen and oxygen atoms in total. The van der Waals surface area contributed by atoms with Gasteiger partial charge in [-0.05, 0) is 58.7 Å². The molecule has 1 amide bonds. The van der Waals surface area contributed by atoms with E-state index in [0.717, 1.165) is 48.0 Å². The van der Waals surface area contributed by atoms with Crippen molar-refractivity contribution in [1.82, 2.24) is 19.9 Å². The Morgan fingerprint density at radius 2 is 2.04 bits per heavy atom. The van der Waals surface area contributed by atoms with E-state index in [9.17, 15) is 4.79 Å². The Morgan fingerprint density at radius 3 is 2.79 bits per heavy atom. The quantitative estimate of drug-likeness (QED) is 0.812. The smallest absolute Gasteiger partial charge is 0.228 e. The van der Waals surface area contributed by atoms with E-state index in [-0.39, 0.29) is 11.9 Å². The molecule has 2 aromatic rings. The fourth-order valence-electron chi connectivity index (χ4n) is 4.42. The highest BCUT2D eigenvalue weighted by atomic mass is 16.2. The summed E-state index contributed by atoms with van der Waals surface area (Å²) in [6.45, 7) is 8.07. The molecule has 28 heavy (non-hydrogen) atoms. The monoisotopic (exact) mass is 379 g/mol. The molecule has 2 aliphatic heterocycles. The minimum absolute atomic E-state index is 0.117. The predicted molar refractivity (Wildman–Crippen MR) is 109 cm³/mol. The molecule has 4 rings (SSSR count). The Labute approximate surface area is 167 Å². The van der Waals surface area contributed by atoms with Crippen molar-refractivity contribution in [2.24, 2.45) is 0 Å². The van der Waals surface area contributed by atoms with Crippen LogP contribution in [0, 0.1) is 6.92 Å². The Balaban J connectivity index is 1.72. The molecule has 2 aromatic heterocycles. The Kier molecular flexibility index (Phi) is 5.40. The van der Waals surface area contributed by atoms with Crippen molar-refractivity contribution < 1.29 is 4.79 Å². The van der Waals surface area contributed by atoms with E-state index in [2.05, 4.69) is 30.7 Å². The van der Waals surface area contributed by atoms with Gasteiger partial charge in [0, 0.05) is 29.9 Å². The molecule has 2 aliphatic rings. The average molecular weight is 380 g/mol. The lowest BCUT2D eigenvalue weighted by atomic mass is 9.98. The number of aryl methyl sites for hydroxylation is 1. The molecule has 0 N–H and O–H groups in total. The summed E-state index contributed by atoms with van der Waals surface area (Å²) in [5.41, 5.74) is 2.99. The van der Waals surface area contributed by atoms with Gasteiger partial charge in [-0.2, -0.15) is 0 Å². The van der Waals surface area contributed by atoms with Gasteiger partial charge < -0.3 is 0 Å². The Hall–Kier alpha value is -2.34. The third-order valence-corrected chi connectivity index (χ3v) is 5.91. The summed E-state index contributed by atoms with van der Waals surface area (Å²) in [5, 5.41) is 0. The van der Waals surface area contributed by atoms with Crippen LogP contribution in [-0.2, 0) is 17.8 Å². The number of carbonyl (C=O) groups is 1. The van der Waals surface area contributed by atoms with Crippen LogP contribution in [0.2, 0.25) is 0 Å². The van der Waals surface area contributed by atoms with E-state index in [0.29, 0.717) is 19.0 Å². The van der Waals surface area contributed by atoms with E-state index in [1.807, 2.05) is 23.1 Å². The van der Waals surface area contributed by atoms with Gasteiger partial charge in [-0.3, -0.25) is 19.6 Å². The zero-order valence-corrected chi connectivity index (χ0v) is 17.1. The molecule has 6 heteroatoms. The minimum atomic E-state index is 0.117. The first-order chi connectivity index (χ1) is 13.5. The number of aromatic nitrogens is 3. The second kappa shape index (κ2) is 7.95. The van der Waals surface area contributed by atoms with E-state index in [1.54, 1.807) is 6.20 Å². The number of pyridine rings is 1. The number of piperidine rings is 1. The topological polar surface area (TPSA) is 62.2 Å². The maximum Gasteiger partial charge on any atom is 0.228 e. The number of nitrogens with zero attached hydrogens (tertiary/aromatic N) is 5. The highest BCUT2D eigenvalue weighted by molar-refractivity contribution is 5.95. The van der Waals surface area contributed by atoms with Crippen LogP contribution in [0.15, 0.2) is 24.4 Å². The molecular weight excluding hydrogens is 350 g/mol.